The van der Waals surface area contributed by atoms with Gasteiger partial charge in [0.2, 0.25) is 0 Å². The Hall–Kier alpha value is -1.55. The summed E-state index contributed by atoms with van der Waals surface area (Å²) in [4.78, 5) is 21.0. The predicted octanol–water partition coefficient (Wildman–Crippen LogP) is 3.65. The molecule has 8 heteroatoms. The van der Waals surface area contributed by atoms with Crippen molar-refractivity contribution in [3.63, 3.8) is 0 Å². The number of halogens is 1. The molecule has 0 saturated carbocycles. The maximum atomic E-state index is 12.3. The van der Waals surface area contributed by atoms with Crippen LogP contribution in [0.2, 0.25) is 0 Å². The Labute approximate surface area is 197 Å². The number of guanidine groups is 1. The first kappa shape index (κ1) is 24.7. The lowest BCUT2D eigenvalue weighted by Crippen LogP contribution is -2.57. The van der Waals surface area contributed by atoms with Gasteiger partial charge >= 0.3 is 6.09 Å². The SMILES string of the molecule is CC(OCCCNC1=NCC2CN(C(=O)OC(C)(C)C)CCN12)c1ccccc1.I. The Balaban J connectivity index is 0.00000320. The number of fused-ring (bicyclic) bond motifs is 1. The molecular formula is C22H35IN4O3. The summed E-state index contributed by atoms with van der Waals surface area (Å²) in [6.45, 7) is 12.1. The van der Waals surface area contributed by atoms with Gasteiger partial charge in [-0.25, -0.2) is 4.79 Å². The zero-order valence-corrected chi connectivity index (χ0v) is 20.8. The van der Waals surface area contributed by atoms with Crippen LogP contribution in [0.25, 0.3) is 0 Å². The molecule has 2 heterocycles. The highest BCUT2D eigenvalue weighted by molar-refractivity contribution is 14.0. The van der Waals surface area contributed by atoms with Crippen LogP contribution >= 0.6 is 24.0 Å². The number of nitrogens with one attached hydrogen (secondary N) is 1. The van der Waals surface area contributed by atoms with Gasteiger partial charge in [0, 0.05) is 32.8 Å². The van der Waals surface area contributed by atoms with E-state index in [1.54, 1.807) is 4.90 Å². The third-order valence-corrected chi connectivity index (χ3v) is 5.10. The average Bonchev–Trinajstić information content (AvgIpc) is 3.09. The minimum atomic E-state index is -0.465. The van der Waals surface area contributed by atoms with Crippen molar-refractivity contribution in [2.75, 3.05) is 39.3 Å². The van der Waals surface area contributed by atoms with E-state index in [9.17, 15) is 4.79 Å². The number of ether oxygens (including phenoxy) is 2. The van der Waals surface area contributed by atoms with Crippen molar-refractivity contribution >= 4 is 36.0 Å². The molecular weight excluding hydrogens is 495 g/mol. The van der Waals surface area contributed by atoms with Gasteiger partial charge in [0.1, 0.15) is 5.60 Å². The van der Waals surface area contributed by atoms with E-state index in [1.165, 1.54) is 5.56 Å². The first-order valence-corrected chi connectivity index (χ1v) is 10.5. The third kappa shape index (κ3) is 7.01. The van der Waals surface area contributed by atoms with Gasteiger partial charge in [-0.2, -0.15) is 0 Å². The van der Waals surface area contributed by atoms with E-state index in [0.29, 0.717) is 26.2 Å². The summed E-state index contributed by atoms with van der Waals surface area (Å²) >= 11 is 0. The van der Waals surface area contributed by atoms with E-state index in [1.807, 2.05) is 39.0 Å². The van der Waals surface area contributed by atoms with Gasteiger partial charge in [-0.05, 0) is 39.7 Å². The number of hydrogen-bond acceptors (Lipinski definition) is 6. The highest BCUT2D eigenvalue weighted by Crippen LogP contribution is 2.19. The number of nitrogens with zero attached hydrogens (tertiary/aromatic N) is 3. The van der Waals surface area contributed by atoms with Crippen LogP contribution in [0.4, 0.5) is 4.79 Å². The lowest BCUT2D eigenvalue weighted by atomic mass is 10.1. The van der Waals surface area contributed by atoms with E-state index in [4.69, 9.17) is 9.47 Å². The van der Waals surface area contributed by atoms with Crippen LogP contribution in [-0.4, -0.2) is 72.8 Å². The number of hydrogen-bond donors (Lipinski definition) is 1. The molecule has 1 fully saturated rings. The number of piperazine rings is 1. The molecule has 1 saturated heterocycles. The molecule has 1 amide bonds. The van der Waals surface area contributed by atoms with E-state index in [2.05, 4.69) is 34.3 Å². The van der Waals surface area contributed by atoms with E-state index in [-0.39, 0.29) is 42.2 Å². The Bertz CT molecular complexity index is 708. The van der Waals surface area contributed by atoms with Gasteiger partial charge in [-0.1, -0.05) is 30.3 Å². The second-order valence-corrected chi connectivity index (χ2v) is 8.64. The summed E-state index contributed by atoms with van der Waals surface area (Å²) in [5, 5.41) is 3.44. The Morgan fingerprint density at radius 3 is 2.70 bits per heavy atom. The van der Waals surface area contributed by atoms with Crippen LogP contribution in [-0.2, 0) is 9.47 Å². The number of carbonyl (C=O) groups excluding carboxylic acids is 1. The maximum absolute atomic E-state index is 12.3. The van der Waals surface area contributed by atoms with Gasteiger partial charge in [0.15, 0.2) is 5.96 Å². The quantitative estimate of drug-likeness (QED) is 0.450. The number of aliphatic imine (C=N–C) groups is 1. The average molecular weight is 530 g/mol. The Morgan fingerprint density at radius 1 is 1.27 bits per heavy atom. The normalized spacial score (nSPS) is 19.5. The summed E-state index contributed by atoms with van der Waals surface area (Å²) in [5.41, 5.74) is 0.735. The summed E-state index contributed by atoms with van der Waals surface area (Å²) < 4.78 is 11.4. The van der Waals surface area contributed by atoms with Crippen LogP contribution in [0.15, 0.2) is 35.3 Å². The molecule has 1 aromatic rings. The van der Waals surface area contributed by atoms with Gasteiger partial charge in [0.05, 0.1) is 18.7 Å². The van der Waals surface area contributed by atoms with Crippen molar-refractivity contribution in [3.05, 3.63) is 35.9 Å². The first-order valence-electron chi connectivity index (χ1n) is 10.5. The minimum absolute atomic E-state index is 0. The van der Waals surface area contributed by atoms with Crippen molar-refractivity contribution in [2.45, 2.75) is 51.9 Å². The number of amides is 1. The molecule has 1 N–H and O–H groups in total. The van der Waals surface area contributed by atoms with Crippen molar-refractivity contribution < 1.29 is 14.3 Å². The van der Waals surface area contributed by atoms with Crippen LogP contribution in [0.5, 0.6) is 0 Å². The minimum Gasteiger partial charge on any atom is -0.444 e. The smallest absolute Gasteiger partial charge is 0.410 e. The van der Waals surface area contributed by atoms with Crippen LogP contribution in [0.3, 0.4) is 0 Å². The van der Waals surface area contributed by atoms with Crippen LogP contribution < -0.4 is 5.32 Å². The molecule has 168 valence electrons. The zero-order valence-electron chi connectivity index (χ0n) is 18.5. The van der Waals surface area contributed by atoms with Gasteiger partial charge < -0.3 is 24.6 Å². The highest BCUT2D eigenvalue weighted by atomic mass is 127. The maximum Gasteiger partial charge on any atom is 0.410 e. The van der Waals surface area contributed by atoms with Gasteiger partial charge in [-0.3, -0.25) is 4.99 Å². The third-order valence-electron chi connectivity index (χ3n) is 5.10. The van der Waals surface area contributed by atoms with Crippen LogP contribution in [0.1, 0.15) is 45.8 Å². The molecule has 0 aliphatic carbocycles. The zero-order chi connectivity index (χ0) is 20.9. The fraction of sp³-hybridized carbons (Fsp3) is 0.636. The lowest BCUT2D eigenvalue weighted by Gasteiger charge is -2.39. The number of rotatable bonds is 6. The molecule has 2 unspecified atom stereocenters. The topological polar surface area (TPSA) is 66.4 Å². The van der Waals surface area contributed by atoms with Gasteiger partial charge in [-0.15, -0.1) is 24.0 Å². The fourth-order valence-corrected chi connectivity index (χ4v) is 3.58. The Kier molecular flexibility index (Phi) is 9.21. The summed E-state index contributed by atoms with van der Waals surface area (Å²) in [6.07, 6.45) is 0.784. The van der Waals surface area contributed by atoms with E-state index >= 15 is 0 Å². The molecule has 1 aromatic carbocycles. The van der Waals surface area contributed by atoms with Crippen molar-refractivity contribution in [1.29, 1.82) is 0 Å². The second-order valence-electron chi connectivity index (χ2n) is 8.64. The van der Waals surface area contributed by atoms with E-state index in [0.717, 1.165) is 25.5 Å². The van der Waals surface area contributed by atoms with Crippen LogP contribution in [0, 0.1) is 0 Å². The molecule has 0 spiro atoms. The standard InChI is InChI=1S/C22H34N4O3.HI/c1-17(18-9-6-5-7-10-18)28-14-8-11-23-20-24-15-19-16-25(12-13-26(19)20)21(27)29-22(2,3)4;/h5-7,9-10,17,19H,8,11-16H2,1-4H3,(H,23,24);1H. The number of benzene rings is 1. The summed E-state index contributed by atoms with van der Waals surface area (Å²) in [5.74, 6) is 0.940. The monoisotopic (exact) mass is 530 g/mol. The van der Waals surface area contributed by atoms with Crippen molar-refractivity contribution in [3.8, 4) is 0 Å². The van der Waals surface area contributed by atoms with E-state index < -0.39 is 5.60 Å². The molecule has 2 aliphatic rings. The second kappa shape index (κ2) is 11.2. The summed E-state index contributed by atoms with van der Waals surface area (Å²) in [6, 6.07) is 10.5. The fourth-order valence-electron chi connectivity index (χ4n) is 3.58. The predicted molar refractivity (Wildman–Crippen MR) is 129 cm³/mol. The molecule has 0 radical (unpaired) electrons. The van der Waals surface area contributed by atoms with Crippen molar-refractivity contribution in [1.82, 2.24) is 15.1 Å². The molecule has 7 nitrogen and oxygen atoms in total. The van der Waals surface area contributed by atoms with Gasteiger partial charge in [0.25, 0.3) is 0 Å². The van der Waals surface area contributed by atoms with Crippen molar-refractivity contribution in [2.24, 2.45) is 4.99 Å². The molecule has 30 heavy (non-hydrogen) atoms. The molecule has 3 rings (SSSR count). The molecule has 2 aliphatic heterocycles. The Morgan fingerprint density at radius 2 is 2.00 bits per heavy atom. The molecule has 0 bridgehead atoms. The lowest BCUT2D eigenvalue weighted by molar-refractivity contribution is 0.0137. The largest absolute Gasteiger partial charge is 0.444 e. The number of carbonyl (C=O) groups is 1. The first-order chi connectivity index (χ1) is 13.8. The molecule has 0 aromatic heterocycles. The highest BCUT2D eigenvalue weighted by Gasteiger charge is 2.36. The molecule has 2 atom stereocenters. The summed E-state index contributed by atoms with van der Waals surface area (Å²) in [7, 11) is 0.